The highest BCUT2D eigenvalue weighted by Gasteiger charge is 2.15. The van der Waals surface area contributed by atoms with Gasteiger partial charge >= 0.3 is 0 Å². The van der Waals surface area contributed by atoms with Crippen molar-refractivity contribution in [2.24, 2.45) is 0 Å². The molecule has 1 heterocycles. The first-order chi connectivity index (χ1) is 9.71. The van der Waals surface area contributed by atoms with Crippen LogP contribution in [0.5, 0.6) is 0 Å². The Balaban J connectivity index is 2.58. The Morgan fingerprint density at radius 1 is 1.10 bits per heavy atom. The molecule has 0 radical (unpaired) electrons. The van der Waals surface area contributed by atoms with Crippen molar-refractivity contribution in [2.45, 2.75) is 13.8 Å². The lowest BCUT2D eigenvalue weighted by Gasteiger charge is -2.21. The molecule has 4 nitrogen and oxygen atoms in total. The molecule has 1 aromatic carbocycles. The maximum absolute atomic E-state index is 4.76. The zero-order valence-corrected chi connectivity index (χ0v) is 14.2. The van der Waals surface area contributed by atoms with Crippen LogP contribution in [0, 0.1) is 3.57 Å². The lowest BCUT2D eigenvalue weighted by atomic mass is 10.1. The average molecular weight is 382 g/mol. The van der Waals surface area contributed by atoms with E-state index in [1.165, 1.54) is 0 Å². The Morgan fingerprint density at radius 2 is 1.75 bits per heavy atom. The molecule has 1 aromatic heterocycles. The summed E-state index contributed by atoms with van der Waals surface area (Å²) in [6.45, 7) is 6.03. The minimum Gasteiger partial charge on any atom is -0.372 e. The Labute approximate surface area is 133 Å². The van der Waals surface area contributed by atoms with Gasteiger partial charge in [-0.25, -0.2) is 4.98 Å². The second kappa shape index (κ2) is 6.88. The lowest BCUT2D eigenvalue weighted by molar-refractivity contribution is 0.822. The highest BCUT2D eigenvalue weighted by molar-refractivity contribution is 14.1. The molecule has 0 saturated carbocycles. The van der Waals surface area contributed by atoms with Crippen LogP contribution in [0.25, 0.3) is 11.3 Å². The molecule has 0 aliphatic heterocycles. The summed E-state index contributed by atoms with van der Waals surface area (Å²) in [4.78, 5) is 11.5. The first-order valence-electron chi connectivity index (χ1n) is 6.76. The molecule has 0 bridgehead atoms. The largest absolute Gasteiger partial charge is 0.372 e. The number of halogens is 1. The number of aromatic nitrogens is 2. The van der Waals surface area contributed by atoms with Crippen LogP contribution in [-0.2, 0) is 0 Å². The van der Waals surface area contributed by atoms with E-state index in [2.05, 4.69) is 63.8 Å². The van der Waals surface area contributed by atoms with Crippen molar-refractivity contribution in [1.29, 1.82) is 0 Å². The monoisotopic (exact) mass is 382 g/mol. The van der Waals surface area contributed by atoms with E-state index < -0.39 is 0 Å². The topological polar surface area (TPSA) is 41.1 Å². The fourth-order valence-corrected chi connectivity index (χ4v) is 2.86. The second-order valence-corrected chi connectivity index (χ2v) is 5.40. The first kappa shape index (κ1) is 15.0. The Hall–Kier alpha value is -1.37. The van der Waals surface area contributed by atoms with Gasteiger partial charge in [0.25, 0.3) is 0 Å². The van der Waals surface area contributed by atoms with Crippen molar-refractivity contribution in [3.8, 4) is 11.3 Å². The minimum atomic E-state index is 0.776. The first-order valence-corrected chi connectivity index (χ1v) is 7.84. The van der Waals surface area contributed by atoms with E-state index in [9.17, 15) is 0 Å². The van der Waals surface area contributed by atoms with Crippen LogP contribution in [0.2, 0.25) is 0 Å². The predicted octanol–water partition coefficient (Wildman–Crippen LogP) is 3.64. The molecule has 106 valence electrons. The van der Waals surface area contributed by atoms with Gasteiger partial charge in [0.05, 0.1) is 9.26 Å². The van der Waals surface area contributed by atoms with Crippen LogP contribution in [-0.4, -0.2) is 30.1 Å². The van der Waals surface area contributed by atoms with Crippen molar-refractivity contribution >= 4 is 34.4 Å². The van der Waals surface area contributed by atoms with E-state index in [1.54, 1.807) is 0 Å². The molecule has 0 unspecified atom stereocenters. The van der Waals surface area contributed by atoms with Gasteiger partial charge in [-0.2, -0.15) is 4.98 Å². The van der Waals surface area contributed by atoms with E-state index in [0.717, 1.165) is 39.7 Å². The van der Waals surface area contributed by atoms with Crippen molar-refractivity contribution in [2.75, 3.05) is 30.4 Å². The molecule has 0 saturated heterocycles. The van der Waals surface area contributed by atoms with Crippen molar-refractivity contribution in [1.82, 2.24) is 9.97 Å². The molecule has 20 heavy (non-hydrogen) atoms. The highest BCUT2D eigenvalue weighted by Crippen LogP contribution is 2.29. The Kier molecular flexibility index (Phi) is 5.17. The zero-order valence-electron chi connectivity index (χ0n) is 12.0. The summed E-state index contributed by atoms with van der Waals surface area (Å²) in [6, 6.07) is 10.2. The lowest BCUT2D eigenvalue weighted by Crippen LogP contribution is -2.25. The fourth-order valence-electron chi connectivity index (χ4n) is 2.04. The number of nitrogens with zero attached hydrogens (tertiary/aromatic N) is 3. The molecule has 1 N–H and O–H groups in total. The third kappa shape index (κ3) is 3.03. The number of benzene rings is 1. The van der Waals surface area contributed by atoms with Crippen LogP contribution in [0.1, 0.15) is 13.8 Å². The molecule has 2 aromatic rings. The second-order valence-electron chi connectivity index (χ2n) is 4.32. The van der Waals surface area contributed by atoms with Crippen molar-refractivity contribution in [3.05, 3.63) is 33.9 Å². The maximum Gasteiger partial charge on any atom is 0.227 e. The third-order valence-corrected chi connectivity index (χ3v) is 4.19. The minimum absolute atomic E-state index is 0.776. The SMILES string of the molecule is CCN(CC)c1nc(NC)c(I)c(-c2ccccc2)n1. The van der Waals surface area contributed by atoms with E-state index in [1.807, 2.05) is 25.2 Å². The van der Waals surface area contributed by atoms with Gasteiger partial charge in [-0.1, -0.05) is 30.3 Å². The van der Waals surface area contributed by atoms with Gasteiger partial charge < -0.3 is 10.2 Å². The predicted molar refractivity (Wildman–Crippen MR) is 93.3 cm³/mol. The van der Waals surface area contributed by atoms with Crippen molar-refractivity contribution in [3.63, 3.8) is 0 Å². The summed E-state index contributed by atoms with van der Waals surface area (Å²) in [5.74, 6) is 1.65. The van der Waals surface area contributed by atoms with Gasteiger partial charge in [-0.15, -0.1) is 0 Å². The van der Waals surface area contributed by atoms with Crippen LogP contribution >= 0.6 is 22.6 Å². The molecule has 0 amide bonds. The number of anilines is 2. The molecular weight excluding hydrogens is 363 g/mol. The number of rotatable bonds is 5. The van der Waals surface area contributed by atoms with Gasteiger partial charge in [-0.3, -0.25) is 0 Å². The van der Waals surface area contributed by atoms with Crippen LogP contribution < -0.4 is 10.2 Å². The summed E-state index contributed by atoms with van der Waals surface area (Å²) >= 11 is 2.30. The van der Waals surface area contributed by atoms with Gasteiger partial charge in [0.15, 0.2) is 0 Å². The maximum atomic E-state index is 4.76. The smallest absolute Gasteiger partial charge is 0.227 e. The van der Waals surface area contributed by atoms with E-state index in [0.29, 0.717) is 0 Å². The van der Waals surface area contributed by atoms with Gasteiger partial charge in [-0.05, 0) is 36.4 Å². The molecule has 0 fully saturated rings. The molecule has 0 aliphatic rings. The molecule has 5 heteroatoms. The number of hydrogen-bond donors (Lipinski definition) is 1. The van der Waals surface area contributed by atoms with Gasteiger partial charge in [0, 0.05) is 25.7 Å². The van der Waals surface area contributed by atoms with Crippen LogP contribution in [0.3, 0.4) is 0 Å². The van der Waals surface area contributed by atoms with Gasteiger partial charge in [0.1, 0.15) is 5.82 Å². The zero-order chi connectivity index (χ0) is 14.5. The summed E-state index contributed by atoms with van der Waals surface area (Å²) in [5.41, 5.74) is 2.09. The Morgan fingerprint density at radius 3 is 2.30 bits per heavy atom. The van der Waals surface area contributed by atoms with Crippen LogP contribution in [0.15, 0.2) is 30.3 Å². The highest BCUT2D eigenvalue weighted by atomic mass is 127. The summed E-state index contributed by atoms with van der Waals surface area (Å²) in [7, 11) is 1.89. The Bertz CT molecular complexity index is 568. The quantitative estimate of drug-likeness (QED) is 0.802. The van der Waals surface area contributed by atoms with E-state index in [4.69, 9.17) is 4.98 Å². The standard InChI is InChI=1S/C15H19IN4/c1-4-20(5-2)15-18-13(11-9-7-6-8-10-11)12(16)14(17-3)19-15/h6-10H,4-5H2,1-3H3,(H,17,18,19). The summed E-state index contributed by atoms with van der Waals surface area (Å²) in [6.07, 6.45) is 0. The number of hydrogen-bond acceptors (Lipinski definition) is 4. The molecule has 2 rings (SSSR count). The third-order valence-electron chi connectivity index (χ3n) is 3.17. The molecule has 0 aliphatic carbocycles. The fraction of sp³-hybridized carbons (Fsp3) is 0.333. The van der Waals surface area contributed by atoms with E-state index >= 15 is 0 Å². The van der Waals surface area contributed by atoms with Crippen molar-refractivity contribution < 1.29 is 0 Å². The molecular formula is C15H19IN4. The van der Waals surface area contributed by atoms with Gasteiger partial charge in [0.2, 0.25) is 5.95 Å². The van der Waals surface area contributed by atoms with E-state index in [-0.39, 0.29) is 0 Å². The van der Waals surface area contributed by atoms with Crippen LogP contribution in [0.4, 0.5) is 11.8 Å². The average Bonchev–Trinajstić information content (AvgIpc) is 2.50. The normalized spacial score (nSPS) is 10.4. The molecule has 0 atom stereocenters. The molecule has 0 spiro atoms. The summed E-state index contributed by atoms with van der Waals surface area (Å²) in [5, 5.41) is 3.16. The summed E-state index contributed by atoms with van der Waals surface area (Å²) < 4.78 is 1.05. The number of nitrogens with one attached hydrogen (secondary N) is 1.